The summed E-state index contributed by atoms with van der Waals surface area (Å²) in [7, 11) is 0. The van der Waals surface area contributed by atoms with Crippen molar-refractivity contribution in [3.8, 4) is 5.75 Å². The highest BCUT2D eigenvalue weighted by atomic mass is 16.5. The predicted molar refractivity (Wildman–Crippen MR) is 85.1 cm³/mol. The van der Waals surface area contributed by atoms with Gasteiger partial charge in [0, 0.05) is 18.9 Å². The largest absolute Gasteiger partial charge is 0.493 e. The van der Waals surface area contributed by atoms with Gasteiger partial charge in [0.05, 0.1) is 6.61 Å². The molecular weight excluding hydrogens is 258 g/mol. The average Bonchev–Trinajstić information content (AvgIpc) is 2.95. The van der Waals surface area contributed by atoms with Crippen LogP contribution in [0.4, 0.5) is 0 Å². The van der Waals surface area contributed by atoms with Crippen molar-refractivity contribution < 1.29 is 4.74 Å². The molecule has 2 aromatic rings. The zero-order valence-electron chi connectivity index (χ0n) is 12.3. The van der Waals surface area contributed by atoms with Crippen LogP contribution in [-0.2, 0) is 19.3 Å². The lowest BCUT2D eigenvalue weighted by molar-refractivity contribution is 0.357. The van der Waals surface area contributed by atoms with Crippen molar-refractivity contribution in [3.05, 3.63) is 64.7 Å². The van der Waals surface area contributed by atoms with Crippen LogP contribution in [0, 0.1) is 0 Å². The quantitative estimate of drug-likeness (QED) is 0.849. The number of hydrogen-bond donors (Lipinski definition) is 1. The van der Waals surface area contributed by atoms with Gasteiger partial charge in [0.15, 0.2) is 0 Å². The van der Waals surface area contributed by atoms with Crippen LogP contribution in [0.15, 0.2) is 42.5 Å². The molecule has 0 saturated carbocycles. The fourth-order valence-corrected chi connectivity index (χ4v) is 3.45. The second kappa shape index (κ2) is 5.53. The molecule has 1 aliphatic carbocycles. The lowest BCUT2D eigenvalue weighted by Gasteiger charge is -2.30. The molecule has 4 rings (SSSR count). The van der Waals surface area contributed by atoms with Gasteiger partial charge in [-0.3, -0.25) is 0 Å². The van der Waals surface area contributed by atoms with Gasteiger partial charge in [-0.1, -0.05) is 36.4 Å². The Kier molecular flexibility index (Phi) is 3.40. The van der Waals surface area contributed by atoms with E-state index in [-0.39, 0.29) is 0 Å². The first kappa shape index (κ1) is 12.9. The molecule has 0 amide bonds. The Balaban J connectivity index is 1.26. The topological polar surface area (TPSA) is 21.3 Å². The van der Waals surface area contributed by atoms with E-state index in [1.54, 1.807) is 5.56 Å². The summed E-state index contributed by atoms with van der Waals surface area (Å²) in [6.45, 7) is 3.00. The number of hydrogen-bond acceptors (Lipinski definition) is 2. The molecule has 0 fully saturated rings. The molecular formula is C19H21NO. The third-order valence-corrected chi connectivity index (χ3v) is 4.70. The number of rotatable bonds is 5. The van der Waals surface area contributed by atoms with Crippen LogP contribution in [0.3, 0.4) is 0 Å². The van der Waals surface area contributed by atoms with E-state index in [2.05, 4.69) is 47.8 Å². The van der Waals surface area contributed by atoms with E-state index in [0.29, 0.717) is 0 Å². The van der Waals surface area contributed by atoms with Crippen LogP contribution in [0.2, 0.25) is 0 Å². The maximum absolute atomic E-state index is 5.55. The summed E-state index contributed by atoms with van der Waals surface area (Å²) in [5.41, 5.74) is 5.86. The molecule has 0 saturated heterocycles. The van der Waals surface area contributed by atoms with Gasteiger partial charge in [-0.05, 0) is 47.7 Å². The molecule has 1 atom stereocenters. The molecule has 1 N–H and O–H groups in total. The fraction of sp³-hybridized carbons (Fsp3) is 0.368. The summed E-state index contributed by atoms with van der Waals surface area (Å²) < 4.78 is 5.55. The van der Waals surface area contributed by atoms with E-state index in [1.165, 1.54) is 23.1 Å². The predicted octanol–water partition coefficient (Wildman–Crippen LogP) is 3.09. The highest BCUT2D eigenvalue weighted by Gasteiger charge is 2.24. The number of ether oxygens (including phenoxy) is 1. The third-order valence-electron chi connectivity index (χ3n) is 4.70. The van der Waals surface area contributed by atoms with Crippen molar-refractivity contribution in [1.29, 1.82) is 0 Å². The van der Waals surface area contributed by atoms with Crippen molar-refractivity contribution in [3.63, 3.8) is 0 Å². The minimum absolute atomic E-state index is 0.717. The smallest absolute Gasteiger partial charge is 0.122 e. The minimum Gasteiger partial charge on any atom is -0.493 e. The molecule has 2 aromatic carbocycles. The number of benzene rings is 2. The Morgan fingerprint density at radius 2 is 2.05 bits per heavy atom. The summed E-state index contributed by atoms with van der Waals surface area (Å²) in [5, 5.41) is 3.61. The molecule has 0 aromatic heterocycles. The first-order chi connectivity index (χ1) is 10.4. The molecule has 2 aliphatic rings. The molecule has 108 valence electrons. The Morgan fingerprint density at radius 1 is 1.10 bits per heavy atom. The lowest BCUT2D eigenvalue weighted by atomic mass is 9.77. The van der Waals surface area contributed by atoms with Crippen molar-refractivity contribution in [2.24, 2.45) is 0 Å². The average molecular weight is 279 g/mol. The van der Waals surface area contributed by atoms with Crippen LogP contribution in [0.25, 0.3) is 0 Å². The lowest BCUT2D eigenvalue weighted by Crippen LogP contribution is -2.30. The Bertz CT molecular complexity index is 650. The standard InChI is InChI=1S/C19H21NO/c1-2-4-18-15(3-1)12-17(18)13-20-9-7-14-5-6-19-16(11-14)8-10-21-19/h1-6,11,17,20H,7-10,12-13H2. The van der Waals surface area contributed by atoms with Crippen molar-refractivity contribution in [2.45, 2.75) is 25.2 Å². The van der Waals surface area contributed by atoms with Crippen LogP contribution in [0.1, 0.15) is 28.2 Å². The molecule has 0 bridgehead atoms. The van der Waals surface area contributed by atoms with E-state index in [0.717, 1.165) is 44.2 Å². The van der Waals surface area contributed by atoms with Crippen LogP contribution in [0.5, 0.6) is 5.75 Å². The van der Waals surface area contributed by atoms with Gasteiger partial charge >= 0.3 is 0 Å². The molecule has 2 nitrogen and oxygen atoms in total. The van der Waals surface area contributed by atoms with Gasteiger partial charge in [-0.2, -0.15) is 0 Å². The molecule has 1 unspecified atom stereocenters. The summed E-state index contributed by atoms with van der Waals surface area (Å²) in [4.78, 5) is 0. The third kappa shape index (κ3) is 2.56. The van der Waals surface area contributed by atoms with E-state index in [1.807, 2.05) is 0 Å². The minimum atomic E-state index is 0.717. The summed E-state index contributed by atoms with van der Waals surface area (Å²) >= 11 is 0. The second-order valence-electron chi connectivity index (χ2n) is 6.09. The van der Waals surface area contributed by atoms with Gasteiger partial charge in [-0.25, -0.2) is 0 Å². The molecule has 21 heavy (non-hydrogen) atoms. The molecule has 1 aliphatic heterocycles. The zero-order valence-corrected chi connectivity index (χ0v) is 12.3. The van der Waals surface area contributed by atoms with Gasteiger partial charge in [0.2, 0.25) is 0 Å². The van der Waals surface area contributed by atoms with E-state index in [9.17, 15) is 0 Å². The number of nitrogens with one attached hydrogen (secondary N) is 1. The maximum Gasteiger partial charge on any atom is 0.122 e. The number of fused-ring (bicyclic) bond motifs is 2. The fourth-order valence-electron chi connectivity index (χ4n) is 3.45. The first-order valence-corrected chi connectivity index (χ1v) is 7.93. The highest BCUT2D eigenvalue weighted by Crippen LogP contribution is 2.34. The molecule has 1 heterocycles. The maximum atomic E-state index is 5.55. The van der Waals surface area contributed by atoms with Gasteiger partial charge in [0.25, 0.3) is 0 Å². The first-order valence-electron chi connectivity index (χ1n) is 7.93. The van der Waals surface area contributed by atoms with Gasteiger partial charge in [-0.15, -0.1) is 0 Å². The van der Waals surface area contributed by atoms with Gasteiger partial charge in [0.1, 0.15) is 5.75 Å². The van der Waals surface area contributed by atoms with Crippen molar-refractivity contribution in [1.82, 2.24) is 5.32 Å². The van der Waals surface area contributed by atoms with Crippen molar-refractivity contribution in [2.75, 3.05) is 19.7 Å². The summed E-state index contributed by atoms with van der Waals surface area (Å²) in [6, 6.07) is 15.4. The summed E-state index contributed by atoms with van der Waals surface area (Å²) in [5.74, 6) is 1.80. The van der Waals surface area contributed by atoms with E-state index >= 15 is 0 Å². The molecule has 0 spiro atoms. The van der Waals surface area contributed by atoms with Crippen LogP contribution in [-0.4, -0.2) is 19.7 Å². The highest BCUT2D eigenvalue weighted by molar-refractivity contribution is 5.41. The van der Waals surface area contributed by atoms with E-state index < -0.39 is 0 Å². The van der Waals surface area contributed by atoms with E-state index in [4.69, 9.17) is 4.74 Å². The molecule has 0 radical (unpaired) electrons. The van der Waals surface area contributed by atoms with Crippen LogP contribution >= 0.6 is 0 Å². The second-order valence-corrected chi connectivity index (χ2v) is 6.09. The Labute approximate surface area is 126 Å². The monoisotopic (exact) mass is 279 g/mol. The Morgan fingerprint density at radius 3 is 3.00 bits per heavy atom. The normalized spacial score (nSPS) is 18.6. The zero-order chi connectivity index (χ0) is 14.1. The molecule has 2 heteroatoms. The SMILES string of the molecule is c1ccc2c(c1)CC2CNCCc1ccc2c(c1)CCO2. The van der Waals surface area contributed by atoms with Gasteiger partial charge < -0.3 is 10.1 Å². The van der Waals surface area contributed by atoms with Crippen LogP contribution < -0.4 is 10.1 Å². The van der Waals surface area contributed by atoms with Crippen molar-refractivity contribution >= 4 is 0 Å². The Hall–Kier alpha value is -1.80. The summed E-state index contributed by atoms with van der Waals surface area (Å²) in [6.07, 6.45) is 3.40.